The van der Waals surface area contributed by atoms with Gasteiger partial charge in [0.1, 0.15) is 0 Å². The summed E-state index contributed by atoms with van der Waals surface area (Å²) in [7, 11) is 0. The van der Waals surface area contributed by atoms with Gasteiger partial charge in [0.15, 0.2) is 5.71 Å². The van der Waals surface area contributed by atoms with Crippen molar-refractivity contribution in [3.63, 3.8) is 0 Å². The summed E-state index contributed by atoms with van der Waals surface area (Å²) in [6, 6.07) is 0. The van der Waals surface area contributed by atoms with Crippen LogP contribution in [0.4, 0.5) is 13.2 Å². The number of nitrogens with zero attached hydrogens (tertiary/aromatic N) is 2. The van der Waals surface area contributed by atoms with E-state index in [0.29, 0.717) is 5.71 Å². The molecule has 0 aromatic carbocycles. The molecule has 0 aromatic heterocycles. The molecule has 0 atom stereocenters. The summed E-state index contributed by atoms with van der Waals surface area (Å²) in [5.74, 6) is -0.970. The maximum absolute atomic E-state index is 12.4. The van der Waals surface area contributed by atoms with E-state index in [4.69, 9.17) is 0 Å². The quantitative estimate of drug-likeness (QED) is 0.429. The summed E-state index contributed by atoms with van der Waals surface area (Å²) < 4.78 is 41.5. The van der Waals surface area contributed by atoms with Crippen LogP contribution in [0.5, 0.6) is 0 Å². The molecule has 0 unspecified atom stereocenters. The first-order valence-electron chi connectivity index (χ1n) is 4.58. The minimum Gasteiger partial charge on any atom is -0.466 e. The topological polar surface area (TPSA) is 51.0 Å². The van der Waals surface area contributed by atoms with Gasteiger partial charge in [-0.25, -0.2) is 0 Å². The van der Waals surface area contributed by atoms with Crippen LogP contribution in [0.3, 0.4) is 0 Å². The number of carbonyl (C=O) groups is 1. The lowest BCUT2D eigenvalue weighted by Gasteiger charge is -2.08. The third kappa shape index (κ3) is 6.15. The van der Waals surface area contributed by atoms with E-state index in [-0.39, 0.29) is 6.61 Å². The minimum atomic E-state index is -4.67. The molecular weight excluding hydrogens is 225 g/mol. The zero-order valence-electron chi connectivity index (χ0n) is 9.26. The molecule has 4 nitrogen and oxygen atoms in total. The number of halogens is 3. The normalized spacial score (nSPS) is 12.2. The Morgan fingerprint density at radius 3 is 2.19 bits per heavy atom. The summed E-state index contributed by atoms with van der Waals surface area (Å²) in [6.45, 7) is 4.54. The van der Waals surface area contributed by atoms with Crippen LogP contribution in [0, 0.1) is 0 Å². The van der Waals surface area contributed by atoms with Crippen LogP contribution in [0.1, 0.15) is 27.2 Å². The van der Waals surface area contributed by atoms with E-state index < -0.39 is 24.3 Å². The number of ether oxygens (including phenoxy) is 1. The monoisotopic (exact) mass is 238 g/mol. The fourth-order valence-corrected chi connectivity index (χ4v) is 0.701. The molecule has 16 heavy (non-hydrogen) atoms. The number of hydrogen-bond donors (Lipinski definition) is 0. The molecule has 0 amide bonds. The van der Waals surface area contributed by atoms with Gasteiger partial charge in [-0.15, -0.1) is 0 Å². The zero-order chi connectivity index (χ0) is 12.8. The molecule has 0 aliphatic carbocycles. The second-order valence-corrected chi connectivity index (χ2v) is 3.07. The first-order chi connectivity index (χ1) is 7.27. The lowest BCUT2D eigenvalue weighted by molar-refractivity contribution is -0.142. The predicted octanol–water partition coefficient (Wildman–Crippen LogP) is 2.34. The molecule has 0 saturated heterocycles. The highest BCUT2D eigenvalue weighted by molar-refractivity contribution is 6.02. The Morgan fingerprint density at radius 2 is 1.81 bits per heavy atom. The summed E-state index contributed by atoms with van der Waals surface area (Å²) in [6.07, 6.45) is -5.60. The van der Waals surface area contributed by atoms with Crippen LogP contribution in [-0.2, 0) is 9.53 Å². The maximum atomic E-state index is 12.4. The molecule has 0 aliphatic rings. The van der Waals surface area contributed by atoms with Crippen molar-refractivity contribution in [3.8, 4) is 0 Å². The largest absolute Gasteiger partial charge is 0.466 e. The average Bonchev–Trinajstić information content (AvgIpc) is 2.10. The molecule has 0 bridgehead atoms. The fourth-order valence-electron chi connectivity index (χ4n) is 0.701. The van der Waals surface area contributed by atoms with Crippen LogP contribution in [0.15, 0.2) is 10.2 Å². The van der Waals surface area contributed by atoms with Crippen molar-refractivity contribution in [3.05, 3.63) is 0 Å². The zero-order valence-corrected chi connectivity index (χ0v) is 9.26. The maximum Gasteiger partial charge on any atom is 0.431 e. The van der Waals surface area contributed by atoms with E-state index in [9.17, 15) is 18.0 Å². The Bertz CT molecular complexity index is 304. The van der Waals surface area contributed by atoms with Gasteiger partial charge in [0.25, 0.3) is 0 Å². The number of rotatable bonds is 4. The molecular formula is C9H13F3N2O2. The molecule has 0 aliphatic heterocycles. The molecule has 0 saturated carbocycles. The lowest BCUT2D eigenvalue weighted by atomic mass is 10.2. The summed E-state index contributed by atoms with van der Waals surface area (Å²) in [5.41, 5.74) is -0.891. The van der Waals surface area contributed by atoms with Crippen molar-refractivity contribution in [2.24, 2.45) is 10.2 Å². The van der Waals surface area contributed by atoms with Gasteiger partial charge >= 0.3 is 12.1 Å². The van der Waals surface area contributed by atoms with Crippen LogP contribution in [0.2, 0.25) is 0 Å². The highest BCUT2D eigenvalue weighted by Gasteiger charge is 2.37. The Kier molecular flexibility index (Phi) is 5.69. The molecule has 0 aromatic rings. The number of carbonyl (C=O) groups excluding carboxylic acids is 1. The fraction of sp³-hybridized carbons (Fsp3) is 0.667. The second kappa shape index (κ2) is 6.24. The Balaban J connectivity index is 4.77. The van der Waals surface area contributed by atoms with Crippen molar-refractivity contribution >= 4 is 17.4 Å². The van der Waals surface area contributed by atoms with Gasteiger partial charge in [0, 0.05) is 5.71 Å². The van der Waals surface area contributed by atoms with Gasteiger partial charge in [0.05, 0.1) is 13.0 Å². The molecule has 7 heteroatoms. The standard InChI is InChI=1S/C9H13F3N2O2/c1-4-16-8(15)5-7(9(10,11)12)14-13-6(2)3/h4-5H2,1-3H3. The van der Waals surface area contributed by atoms with Gasteiger partial charge in [-0.05, 0) is 20.8 Å². The molecule has 0 rings (SSSR count). The van der Waals surface area contributed by atoms with E-state index in [2.05, 4.69) is 14.9 Å². The highest BCUT2D eigenvalue weighted by Crippen LogP contribution is 2.20. The molecule has 0 fully saturated rings. The van der Waals surface area contributed by atoms with Crippen LogP contribution < -0.4 is 0 Å². The van der Waals surface area contributed by atoms with Crippen molar-refractivity contribution in [1.29, 1.82) is 0 Å². The van der Waals surface area contributed by atoms with E-state index in [0.717, 1.165) is 0 Å². The summed E-state index contributed by atoms with van der Waals surface area (Å²) in [4.78, 5) is 10.9. The van der Waals surface area contributed by atoms with E-state index in [1.165, 1.54) is 20.8 Å². The Labute approximate surface area is 91.2 Å². The van der Waals surface area contributed by atoms with Crippen LogP contribution in [-0.4, -0.2) is 30.2 Å². The van der Waals surface area contributed by atoms with Gasteiger partial charge in [-0.2, -0.15) is 23.4 Å². The predicted molar refractivity (Wildman–Crippen MR) is 53.5 cm³/mol. The molecule has 0 radical (unpaired) electrons. The first-order valence-corrected chi connectivity index (χ1v) is 4.58. The van der Waals surface area contributed by atoms with Crippen molar-refractivity contribution in [2.75, 3.05) is 6.61 Å². The van der Waals surface area contributed by atoms with E-state index in [1.54, 1.807) is 0 Å². The first kappa shape index (κ1) is 14.6. The van der Waals surface area contributed by atoms with E-state index >= 15 is 0 Å². The molecule has 0 N–H and O–H groups in total. The van der Waals surface area contributed by atoms with Gasteiger partial charge in [-0.1, -0.05) is 0 Å². The lowest BCUT2D eigenvalue weighted by Crippen LogP contribution is -2.26. The third-order valence-corrected chi connectivity index (χ3v) is 1.32. The molecule has 92 valence electrons. The van der Waals surface area contributed by atoms with Crippen LogP contribution in [0.25, 0.3) is 0 Å². The smallest absolute Gasteiger partial charge is 0.431 e. The summed E-state index contributed by atoms with van der Waals surface area (Å²) in [5, 5.41) is 6.28. The number of alkyl halides is 3. The number of esters is 1. The molecule has 0 spiro atoms. The van der Waals surface area contributed by atoms with Gasteiger partial charge < -0.3 is 4.74 Å². The van der Waals surface area contributed by atoms with Crippen molar-refractivity contribution in [2.45, 2.75) is 33.4 Å². The summed E-state index contributed by atoms with van der Waals surface area (Å²) >= 11 is 0. The highest BCUT2D eigenvalue weighted by atomic mass is 19.4. The van der Waals surface area contributed by atoms with Gasteiger partial charge in [-0.3, -0.25) is 4.79 Å². The molecule has 0 heterocycles. The SMILES string of the molecule is CCOC(=O)CC(=NN=C(C)C)C(F)(F)F. The second-order valence-electron chi connectivity index (χ2n) is 3.07. The van der Waals surface area contributed by atoms with Crippen LogP contribution >= 0.6 is 0 Å². The Morgan fingerprint density at radius 1 is 1.25 bits per heavy atom. The Hall–Kier alpha value is -1.40. The van der Waals surface area contributed by atoms with Crippen molar-refractivity contribution in [1.82, 2.24) is 0 Å². The number of hydrogen-bond acceptors (Lipinski definition) is 4. The van der Waals surface area contributed by atoms with Gasteiger partial charge in [0.2, 0.25) is 0 Å². The van der Waals surface area contributed by atoms with Crippen molar-refractivity contribution < 1.29 is 22.7 Å². The average molecular weight is 238 g/mol. The minimum absolute atomic E-state index is 0.0278. The third-order valence-electron chi connectivity index (χ3n) is 1.32. The van der Waals surface area contributed by atoms with E-state index in [1.807, 2.05) is 0 Å².